The van der Waals surface area contributed by atoms with Gasteiger partial charge in [0.05, 0.1) is 18.7 Å². The van der Waals surface area contributed by atoms with Crippen LogP contribution in [0.2, 0.25) is 0 Å². The topological polar surface area (TPSA) is 92.2 Å². The zero-order valence-corrected chi connectivity index (χ0v) is 21.8. The Morgan fingerprint density at radius 1 is 1.05 bits per heavy atom. The van der Waals surface area contributed by atoms with E-state index in [1.165, 1.54) is 11.1 Å². The van der Waals surface area contributed by atoms with Crippen LogP contribution in [0.25, 0.3) is 11.3 Å². The average molecular weight is 512 g/mol. The molecule has 0 aliphatic carbocycles. The molecule has 1 aliphatic rings. The lowest BCUT2D eigenvalue weighted by Crippen LogP contribution is -2.37. The Bertz CT molecular complexity index is 1380. The van der Waals surface area contributed by atoms with E-state index in [1.54, 1.807) is 30.3 Å². The summed E-state index contributed by atoms with van der Waals surface area (Å²) in [4.78, 5) is 31.0. The highest BCUT2D eigenvalue weighted by Crippen LogP contribution is 2.30. The first-order chi connectivity index (χ1) is 18.5. The molecule has 0 bridgehead atoms. The van der Waals surface area contributed by atoms with Crippen LogP contribution in [-0.4, -0.2) is 58.3 Å². The molecule has 0 radical (unpaired) electrons. The van der Waals surface area contributed by atoms with Crippen LogP contribution in [0.1, 0.15) is 50.7 Å². The second-order valence-electron chi connectivity index (χ2n) is 9.74. The largest absolute Gasteiger partial charge is 0.383 e. The number of hydrogen-bond donors (Lipinski definition) is 2. The normalized spacial score (nSPS) is 14.0. The highest BCUT2D eigenvalue weighted by Gasteiger charge is 2.25. The summed E-state index contributed by atoms with van der Waals surface area (Å²) in [5, 5.41) is 7.14. The summed E-state index contributed by atoms with van der Waals surface area (Å²) in [5.74, 6) is 0.253. The Hall–Kier alpha value is -4.17. The number of aromatic amines is 1. The molecule has 2 aromatic carbocycles. The SMILES string of the molecule is COCCn1nccc1C(=O)Nc1ccc(C2CCN(C(=O)c3c[nH]c(-c4ccc(C)cc4)c3)CC2)cc1. The van der Waals surface area contributed by atoms with Crippen LogP contribution in [0.4, 0.5) is 5.69 Å². The monoisotopic (exact) mass is 511 g/mol. The van der Waals surface area contributed by atoms with Crippen LogP contribution in [0.3, 0.4) is 0 Å². The minimum absolute atomic E-state index is 0.0702. The highest BCUT2D eigenvalue weighted by atomic mass is 16.5. The molecule has 3 heterocycles. The van der Waals surface area contributed by atoms with Crippen molar-refractivity contribution >= 4 is 17.5 Å². The lowest BCUT2D eigenvalue weighted by atomic mass is 9.89. The number of likely N-dealkylation sites (tertiary alicyclic amines) is 1. The third kappa shape index (κ3) is 5.70. The molecular formula is C30H33N5O3. The Kier molecular flexibility index (Phi) is 7.70. The molecule has 196 valence electrons. The summed E-state index contributed by atoms with van der Waals surface area (Å²) in [6.45, 7) is 4.51. The first-order valence-corrected chi connectivity index (χ1v) is 13.0. The predicted molar refractivity (Wildman–Crippen MR) is 147 cm³/mol. The molecule has 5 rings (SSSR count). The van der Waals surface area contributed by atoms with Crippen molar-refractivity contribution in [2.75, 3.05) is 32.1 Å². The van der Waals surface area contributed by atoms with Gasteiger partial charge in [0.2, 0.25) is 0 Å². The van der Waals surface area contributed by atoms with Crippen molar-refractivity contribution in [1.29, 1.82) is 0 Å². The molecule has 2 aromatic heterocycles. The third-order valence-corrected chi connectivity index (χ3v) is 7.17. The molecule has 1 aliphatic heterocycles. The fraction of sp³-hybridized carbons (Fsp3) is 0.300. The number of aromatic nitrogens is 3. The van der Waals surface area contributed by atoms with E-state index in [0.29, 0.717) is 30.3 Å². The summed E-state index contributed by atoms with van der Waals surface area (Å²) in [6.07, 6.45) is 5.24. The fourth-order valence-electron chi connectivity index (χ4n) is 4.93. The van der Waals surface area contributed by atoms with Crippen molar-refractivity contribution in [3.8, 4) is 11.3 Å². The maximum absolute atomic E-state index is 13.1. The minimum atomic E-state index is -0.200. The molecule has 0 unspecified atom stereocenters. The average Bonchev–Trinajstić information content (AvgIpc) is 3.63. The number of ether oxygens (including phenoxy) is 1. The van der Waals surface area contributed by atoms with Crippen LogP contribution in [-0.2, 0) is 11.3 Å². The number of nitrogens with zero attached hydrogens (tertiary/aromatic N) is 3. The van der Waals surface area contributed by atoms with Gasteiger partial charge >= 0.3 is 0 Å². The van der Waals surface area contributed by atoms with Crippen LogP contribution in [0, 0.1) is 6.92 Å². The number of hydrogen-bond acceptors (Lipinski definition) is 4. The number of rotatable bonds is 8. The first kappa shape index (κ1) is 25.5. The third-order valence-electron chi connectivity index (χ3n) is 7.17. The predicted octanol–water partition coefficient (Wildman–Crippen LogP) is 5.11. The number of carbonyl (C=O) groups excluding carboxylic acids is 2. The van der Waals surface area contributed by atoms with Crippen molar-refractivity contribution in [1.82, 2.24) is 19.7 Å². The Balaban J connectivity index is 1.15. The van der Waals surface area contributed by atoms with Gasteiger partial charge in [0.25, 0.3) is 11.8 Å². The maximum atomic E-state index is 13.1. The number of aryl methyl sites for hydroxylation is 1. The molecule has 0 spiro atoms. The smallest absolute Gasteiger partial charge is 0.273 e. The second kappa shape index (κ2) is 11.5. The van der Waals surface area contributed by atoms with Crippen LogP contribution >= 0.6 is 0 Å². The fourth-order valence-corrected chi connectivity index (χ4v) is 4.93. The summed E-state index contributed by atoms with van der Waals surface area (Å²) in [7, 11) is 1.62. The van der Waals surface area contributed by atoms with E-state index in [1.807, 2.05) is 23.1 Å². The zero-order chi connectivity index (χ0) is 26.5. The van der Waals surface area contributed by atoms with Crippen LogP contribution < -0.4 is 5.32 Å². The molecule has 8 nitrogen and oxygen atoms in total. The van der Waals surface area contributed by atoms with E-state index in [2.05, 4.69) is 58.7 Å². The van der Waals surface area contributed by atoms with Crippen molar-refractivity contribution in [3.63, 3.8) is 0 Å². The molecule has 38 heavy (non-hydrogen) atoms. The Labute approximate surface area is 222 Å². The van der Waals surface area contributed by atoms with Gasteiger partial charge in [-0.25, -0.2) is 0 Å². The molecule has 8 heteroatoms. The van der Waals surface area contributed by atoms with Gasteiger partial charge in [-0.05, 0) is 61.1 Å². The lowest BCUT2D eigenvalue weighted by Gasteiger charge is -2.32. The summed E-state index contributed by atoms with van der Waals surface area (Å²) in [6, 6.07) is 19.9. The second-order valence-corrected chi connectivity index (χ2v) is 9.74. The van der Waals surface area contributed by atoms with Gasteiger partial charge in [-0.15, -0.1) is 0 Å². The molecule has 1 saturated heterocycles. The summed E-state index contributed by atoms with van der Waals surface area (Å²) >= 11 is 0. The standard InChI is InChI=1S/C30H33N5O3/c1-21-3-5-24(6-4-21)27-19-25(20-31-27)30(37)34-15-12-23(13-16-34)22-7-9-26(10-8-22)33-29(36)28-11-14-32-35(28)17-18-38-2/h3-11,14,19-20,23,31H,12-13,15-18H2,1-2H3,(H,33,36). The molecule has 2 N–H and O–H groups in total. The molecule has 2 amide bonds. The van der Waals surface area contributed by atoms with E-state index in [9.17, 15) is 9.59 Å². The van der Waals surface area contributed by atoms with Gasteiger partial charge in [-0.2, -0.15) is 5.10 Å². The quantitative estimate of drug-likeness (QED) is 0.344. The van der Waals surface area contributed by atoms with Crippen molar-refractivity contribution < 1.29 is 14.3 Å². The van der Waals surface area contributed by atoms with E-state index in [-0.39, 0.29) is 11.8 Å². The lowest BCUT2D eigenvalue weighted by molar-refractivity contribution is 0.0713. The van der Waals surface area contributed by atoms with Crippen molar-refractivity contribution in [2.24, 2.45) is 0 Å². The van der Waals surface area contributed by atoms with Gasteiger partial charge in [0.1, 0.15) is 5.69 Å². The van der Waals surface area contributed by atoms with E-state index < -0.39 is 0 Å². The van der Waals surface area contributed by atoms with Crippen molar-refractivity contribution in [3.05, 3.63) is 95.4 Å². The number of carbonyl (C=O) groups is 2. The van der Waals surface area contributed by atoms with Gasteiger partial charge in [0, 0.05) is 44.0 Å². The number of nitrogens with one attached hydrogen (secondary N) is 2. The number of methoxy groups -OCH3 is 1. The van der Waals surface area contributed by atoms with E-state index >= 15 is 0 Å². The van der Waals surface area contributed by atoms with Gasteiger partial charge in [-0.1, -0.05) is 42.0 Å². The number of amides is 2. The number of piperidine rings is 1. The number of anilines is 1. The summed E-state index contributed by atoms with van der Waals surface area (Å²) < 4.78 is 6.72. The molecular weight excluding hydrogens is 478 g/mol. The zero-order valence-electron chi connectivity index (χ0n) is 21.8. The molecule has 1 fully saturated rings. The number of H-pyrrole nitrogens is 1. The minimum Gasteiger partial charge on any atom is -0.383 e. The molecule has 0 saturated carbocycles. The van der Waals surface area contributed by atoms with Crippen molar-refractivity contribution in [2.45, 2.75) is 32.2 Å². The van der Waals surface area contributed by atoms with Crippen LogP contribution in [0.5, 0.6) is 0 Å². The first-order valence-electron chi connectivity index (χ1n) is 13.0. The Morgan fingerprint density at radius 2 is 1.79 bits per heavy atom. The maximum Gasteiger partial charge on any atom is 0.273 e. The molecule has 0 atom stereocenters. The molecule has 4 aromatic rings. The Morgan fingerprint density at radius 3 is 2.50 bits per heavy atom. The van der Waals surface area contributed by atoms with E-state index in [4.69, 9.17) is 4.74 Å². The summed E-state index contributed by atoms with van der Waals surface area (Å²) in [5.41, 5.74) is 6.39. The van der Waals surface area contributed by atoms with Crippen LogP contribution in [0.15, 0.2) is 73.1 Å². The van der Waals surface area contributed by atoms with E-state index in [0.717, 1.165) is 42.9 Å². The van der Waals surface area contributed by atoms with Gasteiger partial charge in [-0.3, -0.25) is 14.3 Å². The van der Waals surface area contributed by atoms with Gasteiger partial charge < -0.3 is 19.9 Å². The highest BCUT2D eigenvalue weighted by molar-refractivity contribution is 6.03. The number of benzene rings is 2. The van der Waals surface area contributed by atoms with Gasteiger partial charge in [0.15, 0.2) is 0 Å².